The number of rotatable bonds is 10. The zero-order valence-corrected chi connectivity index (χ0v) is 25.2. The summed E-state index contributed by atoms with van der Waals surface area (Å²) in [7, 11) is 0. The number of carbonyl (C=O) groups is 3. The summed E-state index contributed by atoms with van der Waals surface area (Å²) in [5.41, 5.74) is 2.05. The molecule has 2 aromatic carbocycles. The maximum Gasteiger partial charge on any atom is 0.408 e. The summed E-state index contributed by atoms with van der Waals surface area (Å²) < 4.78 is 5.52. The van der Waals surface area contributed by atoms with Crippen LogP contribution in [0.5, 0.6) is 0 Å². The molecule has 2 rings (SSSR count). The molecule has 2 atom stereocenters. The van der Waals surface area contributed by atoms with Gasteiger partial charge in [-0.3, -0.25) is 9.59 Å². The molecule has 0 aliphatic rings. The number of hydrogen-bond acceptors (Lipinski definition) is 4. The van der Waals surface area contributed by atoms with Crippen molar-refractivity contribution >= 4 is 17.9 Å². The average Bonchev–Trinajstić information content (AvgIpc) is 2.81. The van der Waals surface area contributed by atoms with E-state index >= 15 is 0 Å². The Kier molecular flexibility index (Phi) is 11.1. The van der Waals surface area contributed by atoms with E-state index in [4.69, 9.17) is 4.74 Å². The van der Waals surface area contributed by atoms with Gasteiger partial charge in [-0.1, -0.05) is 61.9 Å². The zero-order chi connectivity index (χ0) is 29.4. The maximum absolute atomic E-state index is 14.5. The molecule has 0 aromatic heterocycles. The summed E-state index contributed by atoms with van der Waals surface area (Å²) in [5.74, 6) is -0.588. The molecule has 7 heteroatoms. The van der Waals surface area contributed by atoms with Crippen LogP contribution in [0.4, 0.5) is 4.79 Å². The van der Waals surface area contributed by atoms with Gasteiger partial charge >= 0.3 is 6.09 Å². The Morgan fingerprint density at radius 2 is 1.49 bits per heavy atom. The summed E-state index contributed by atoms with van der Waals surface area (Å²) >= 11 is 0. The molecule has 214 valence electrons. The highest BCUT2D eigenvalue weighted by molar-refractivity contribution is 5.93. The number of ether oxygens (including phenoxy) is 1. The molecule has 2 aromatic rings. The van der Waals surface area contributed by atoms with Gasteiger partial charge in [0.15, 0.2) is 0 Å². The number of nitrogens with zero attached hydrogens (tertiary/aromatic N) is 1. The van der Waals surface area contributed by atoms with Gasteiger partial charge in [0.25, 0.3) is 0 Å². The van der Waals surface area contributed by atoms with Crippen LogP contribution in [0, 0.1) is 13.8 Å². The zero-order valence-electron chi connectivity index (χ0n) is 25.2. The third kappa shape index (κ3) is 9.41. The summed E-state index contributed by atoms with van der Waals surface area (Å²) in [6.45, 7) is 17.6. The molecule has 3 amide bonds. The minimum absolute atomic E-state index is 0.236. The monoisotopic (exact) mass is 537 g/mol. The van der Waals surface area contributed by atoms with Crippen LogP contribution in [0.15, 0.2) is 48.5 Å². The van der Waals surface area contributed by atoms with Gasteiger partial charge in [-0.15, -0.1) is 0 Å². The van der Waals surface area contributed by atoms with Gasteiger partial charge in [0.1, 0.15) is 17.7 Å². The standard InChI is InChI=1S/C32H47N3O4/c1-10-11-20-33-28(36)27(26-22(2)16-15-17-23(26)3)35(31(4,5)6)29(37)25(21-24-18-13-12-14-19-24)34-30(38)39-32(7,8)9/h12-19,25,27H,10-11,20-21H2,1-9H3,(H,33,36)(H,34,38). The van der Waals surface area contributed by atoms with E-state index in [1.807, 2.05) is 83.1 Å². The predicted molar refractivity (Wildman–Crippen MR) is 156 cm³/mol. The lowest BCUT2D eigenvalue weighted by molar-refractivity contribution is -0.148. The van der Waals surface area contributed by atoms with Gasteiger partial charge in [0, 0.05) is 18.5 Å². The second-order valence-electron chi connectivity index (χ2n) is 12.1. The topological polar surface area (TPSA) is 87.7 Å². The first-order valence-corrected chi connectivity index (χ1v) is 13.9. The molecular weight excluding hydrogens is 490 g/mol. The van der Waals surface area contributed by atoms with Gasteiger partial charge < -0.3 is 20.3 Å². The fraction of sp³-hybridized carbons (Fsp3) is 0.531. The van der Waals surface area contributed by atoms with Crippen molar-refractivity contribution in [2.24, 2.45) is 0 Å². The number of nitrogens with one attached hydrogen (secondary N) is 2. The fourth-order valence-electron chi connectivity index (χ4n) is 4.63. The van der Waals surface area contributed by atoms with Crippen LogP contribution in [0.25, 0.3) is 0 Å². The van der Waals surface area contributed by atoms with Crippen molar-refractivity contribution in [2.75, 3.05) is 6.54 Å². The van der Waals surface area contributed by atoms with Gasteiger partial charge in [-0.25, -0.2) is 4.79 Å². The van der Waals surface area contributed by atoms with Crippen molar-refractivity contribution in [1.29, 1.82) is 0 Å². The SMILES string of the molecule is CCCCNC(=O)C(c1c(C)cccc1C)N(C(=O)C(Cc1ccccc1)NC(=O)OC(C)(C)C)C(C)(C)C. The first-order chi connectivity index (χ1) is 18.2. The van der Waals surface area contributed by atoms with Crippen molar-refractivity contribution in [2.45, 2.75) is 105 Å². The second-order valence-corrected chi connectivity index (χ2v) is 12.1. The number of hydrogen-bond donors (Lipinski definition) is 2. The number of alkyl carbamates (subject to hydrolysis) is 1. The molecule has 0 saturated carbocycles. The van der Waals surface area contributed by atoms with Crippen molar-refractivity contribution in [1.82, 2.24) is 15.5 Å². The van der Waals surface area contributed by atoms with E-state index < -0.39 is 29.3 Å². The molecule has 2 N–H and O–H groups in total. The normalized spacial score (nSPS) is 13.3. The number of benzene rings is 2. The largest absolute Gasteiger partial charge is 0.444 e. The number of unbranched alkanes of at least 4 members (excludes halogenated alkanes) is 1. The summed E-state index contributed by atoms with van der Waals surface area (Å²) in [5, 5.41) is 5.88. The van der Waals surface area contributed by atoms with E-state index in [2.05, 4.69) is 17.6 Å². The van der Waals surface area contributed by atoms with E-state index in [9.17, 15) is 14.4 Å². The van der Waals surface area contributed by atoms with Crippen LogP contribution in [0.3, 0.4) is 0 Å². The smallest absolute Gasteiger partial charge is 0.408 e. The molecule has 0 aliphatic heterocycles. The van der Waals surface area contributed by atoms with Crippen molar-refractivity contribution in [3.8, 4) is 0 Å². The Labute approximate surface area is 234 Å². The lowest BCUT2D eigenvalue weighted by Gasteiger charge is -2.43. The van der Waals surface area contributed by atoms with Crippen LogP contribution in [0.2, 0.25) is 0 Å². The van der Waals surface area contributed by atoms with Crippen molar-refractivity contribution in [3.05, 3.63) is 70.8 Å². The lowest BCUT2D eigenvalue weighted by atomic mass is 9.89. The first-order valence-electron chi connectivity index (χ1n) is 13.9. The van der Waals surface area contributed by atoms with Gasteiger partial charge in [-0.05, 0) is 84.1 Å². The minimum atomic E-state index is -0.947. The Hall–Kier alpha value is -3.35. The molecule has 39 heavy (non-hydrogen) atoms. The highest BCUT2D eigenvalue weighted by Gasteiger charge is 2.42. The quantitative estimate of drug-likeness (QED) is 0.363. The molecule has 0 fully saturated rings. The molecule has 0 heterocycles. The maximum atomic E-state index is 14.5. The Morgan fingerprint density at radius 3 is 2.00 bits per heavy atom. The molecule has 0 bridgehead atoms. The predicted octanol–water partition coefficient (Wildman–Crippen LogP) is 6.02. The first kappa shape index (κ1) is 31.9. The van der Waals surface area contributed by atoms with E-state index in [-0.39, 0.29) is 18.2 Å². The van der Waals surface area contributed by atoms with Gasteiger partial charge in [0.05, 0.1) is 0 Å². The molecule has 7 nitrogen and oxygen atoms in total. The molecule has 0 saturated heterocycles. The number of aryl methyl sites for hydroxylation is 2. The Morgan fingerprint density at radius 1 is 0.897 bits per heavy atom. The van der Waals surface area contributed by atoms with E-state index in [0.29, 0.717) is 6.54 Å². The van der Waals surface area contributed by atoms with Crippen LogP contribution in [-0.4, -0.2) is 46.5 Å². The van der Waals surface area contributed by atoms with Crippen molar-refractivity contribution < 1.29 is 19.1 Å². The van der Waals surface area contributed by atoms with E-state index in [0.717, 1.165) is 35.1 Å². The Balaban J connectivity index is 2.64. The third-order valence-electron chi connectivity index (χ3n) is 6.38. The van der Waals surface area contributed by atoms with Crippen molar-refractivity contribution in [3.63, 3.8) is 0 Å². The lowest BCUT2D eigenvalue weighted by Crippen LogP contribution is -2.59. The molecule has 2 unspecified atom stereocenters. The summed E-state index contributed by atoms with van der Waals surface area (Å²) in [4.78, 5) is 43.0. The Bertz CT molecular complexity index is 1100. The van der Waals surface area contributed by atoms with Crippen LogP contribution in [0.1, 0.15) is 89.6 Å². The average molecular weight is 538 g/mol. The van der Waals surface area contributed by atoms with Gasteiger partial charge in [0.2, 0.25) is 11.8 Å². The molecule has 0 radical (unpaired) electrons. The fourth-order valence-corrected chi connectivity index (χ4v) is 4.63. The van der Waals surface area contributed by atoms with E-state index in [1.165, 1.54) is 0 Å². The van der Waals surface area contributed by atoms with Gasteiger partial charge in [-0.2, -0.15) is 0 Å². The second kappa shape index (κ2) is 13.6. The van der Waals surface area contributed by atoms with E-state index in [1.54, 1.807) is 25.7 Å². The van der Waals surface area contributed by atoms with Crippen LogP contribution in [-0.2, 0) is 20.7 Å². The molecule has 0 spiro atoms. The highest BCUT2D eigenvalue weighted by atomic mass is 16.6. The van der Waals surface area contributed by atoms with Crippen LogP contribution < -0.4 is 10.6 Å². The summed E-state index contributed by atoms with van der Waals surface area (Å²) in [6, 6.07) is 13.6. The molecular formula is C32H47N3O4. The highest BCUT2D eigenvalue weighted by Crippen LogP contribution is 2.34. The van der Waals surface area contributed by atoms with Crippen LogP contribution >= 0.6 is 0 Å². The minimum Gasteiger partial charge on any atom is -0.444 e. The molecule has 0 aliphatic carbocycles. The number of carbonyl (C=O) groups excluding carboxylic acids is 3. The summed E-state index contributed by atoms with van der Waals surface area (Å²) in [6.07, 6.45) is 1.35. The third-order valence-corrected chi connectivity index (χ3v) is 6.38. The number of amides is 3.